The smallest absolute Gasteiger partial charge is 0.550 e. The summed E-state index contributed by atoms with van der Waals surface area (Å²) in [5.41, 5.74) is 1.24. The molecular formula is C11H7ClLiNO2. The summed E-state index contributed by atoms with van der Waals surface area (Å²) in [4.78, 5) is 14.6. The third-order valence-electron chi connectivity index (χ3n) is 2.13. The molecule has 0 saturated heterocycles. The Morgan fingerprint density at radius 1 is 1.38 bits per heavy atom. The molecule has 1 aromatic heterocycles. The summed E-state index contributed by atoms with van der Waals surface area (Å²) in [7, 11) is 0. The van der Waals surface area contributed by atoms with Crippen molar-refractivity contribution in [2.75, 3.05) is 0 Å². The Labute approximate surface area is 110 Å². The molecule has 1 aromatic carbocycles. The number of rotatable bonds is 2. The molecule has 0 unspecified atom stereocenters. The van der Waals surface area contributed by atoms with Crippen molar-refractivity contribution in [2.45, 2.75) is 6.42 Å². The third-order valence-corrected chi connectivity index (χ3v) is 2.46. The molecule has 5 heteroatoms. The molecule has 0 atom stereocenters. The first-order valence-corrected chi connectivity index (χ1v) is 4.78. The van der Waals surface area contributed by atoms with E-state index in [9.17, 15) is 9.90 Å². The molecule has 0 fully saturated rings. The molecule has 1 heterocycles. The quantitative estimate of drug-likeness (QED) is 0.568. The number of hydrogen-bond donors (Lipinski definition) is 0. The molecule has 0 radical (unpaired) electrons. The number of nitrogens with zero attached hydrogens (tertiary/aromatic N) is 1. The van der Waals surface area contributed by atoms with Gasteiger partial charge in [0.2, 0.25) is 0 Å². The zero-order valence-electron chi connectivity index (χ0n) is 8.74. The Bertz CT molecular complexity index is 530. The van der Waals surface area contributed by atoms with E-state index in [-0.39, 0.29) is 25.3 Å². The van der Waals surface area contributed by atoms with Crippen LogP contribution >= 0.6 is 11.6 Å². The van der Waals surface area contributed by atoms with E-state index in [0.717, 1.165) is 5.39 Å². The predicted octanol–water partition coefficient (Wildman–Crippen LogP) is -1.82. The second-order valence-corrected chi connectivity index (χ2v) is 3.56. The van der Waals surface area contributed by atoms with Crippen molar-refractivity contribution in [3.05, 3.63) is 41.0 Å². The van der Waals surface area contributed by atoms with Crippen molar-refractivity contribution in [1.82, 2.24) is 4.98 Å². The molecule has 2 aromatic rings. The fraction of sp³-hybridized carbons (Fsp3) is 0.0909. The maximum Gasteiger partial charge on any atom is 1.00 e. The van der Waals surface area contributed by atoms with Gasteiger partial charge in [0.05, 0.1) is 5.52 Å². The van der Waals surface area contributed by atoms with Crippen molar-refractivity contribution in [1.29, 1.82) is 0 Å². The number of hydrogen-bond acceptors (Lipinski definition) is 3. The van der Waals surface area contributed by atoms with Crippen LogP contribution in [0.2, 0.25) is 5.02 Å². The number of carboxylic acid groups (broad SMARTS) is 1. The number of fused-ring (bicyclic) bond motifs is 1. The van der Waals surface area contributed by atoms with Crippen LogP contribution in [-0.4, -0.2) is 11.0 Å². The number of carbonyl (C=O) groups is 1. The summed E-state index contributed by atoms with van der Waals surface area (Å²) >= 11 is 5.96. The monoisotopic (exact) mass is 227 g/mol. The first-order valence-electron chi connectivity index (χ1n) is 4.40. The number of benzene rings is 1. The van der Waals surface area contributed by atoms with Gasteiger partial charge in [0.25, 0.3) is 0 Å². The minimum Gasteiger partial charge on any atom is -0.550 e. The topological polar surface area (TPSA) is 53.0 Å². The molecule has 3 nitrogen and oxygen atoms in total. The van der Waals surface area contributed by atoms with Gasteiger partial charge in [-0.2, -0.15) is 0 Å². The summed E-state index contributed by atoms with van der Waals surface area (Å²) in [6, 6.07) is 6.90. The maximum absolute atomic E-state index is 10.5. The largest absolute Gasteiger partial charge is 1.00 e. The summed E-state index contributed by atoms with van der Waals surface area (Å²) < 4.78 is 0. The summed E-state index contributed by atoms with van der Waals surface area (Å²) in [5, 5.41) is 11.9. The van der Waals surface area contributed by atoms with E-state index in [1.54, 1.807) is 24.4 Å². The molecule has 2 rings (SSSR count). The van der Waals surface area contributed by atoms with E-state index in [2.05, 4.69) is 4.98 Å². The van der Waals surface area contributed by atoms with Crippen molar-refractivity contribution in [3.8, 4) is 0 Å². The first-order chi connectivity index (χ1) is 7.18. The van der Waals surface area contributed by atoms with Crippen LogP contribution < -0.4 is 24.0 Å². The van der Waals surface area contributed by atoms with Crippen LogP contribution in [0.1, 0.15) is 5.56 Å². The molecule has 0 amide bonds. The van der Waals surface area contributed by atoms with Crippen molar-refractivity contribution >= 4 is 28.5 Å². The van der Waals surface area contributed by atoms with Crippen molar-refractivity contribution in [2.24, 2.45) is 0 Å². The van der Waals surface area contributed by atoms with Gasteiger partial charge < -0.3 is 9.90 Å². The molecule has 0 aliphatic heterocycles. The summed E-state index contributed by atoms with van der Waals surface area (Å²) in [6.07, 6.45) is 1.46. The Kier molecular flexibility index (Phi) is 4.37. The number of aromatic nitrogens is 1. The number of halogens is 1. The van der Waals surface area contributed by atoms with Crippen LogP contribution in [0.4, 0.5) is 0 Å². The van der Waals surface area contributed by atoms with Gasteiger partial charge in [0.15, 0.2) is 0 Å². The van der Waals surface area contributed by atoms with E-state index < -0.39 is 5.97 Å². The van der Waals surface area contributed by atoms with Gasteiger partial charge >= 0.3 is 18.9 Å². The van der Waals surface area contributed by atoms with Crippen molar-refractivity contribution < 1.29 is 28.8 Å². The maximum atomic E-state index is 10.5. The normalized spacial score (nSPS) is 9.81. The van der Waals surface area contributed by atoms with Crippen LogP contribution in [0.15, 0.2) is 30.5 Å². The van der Waals surface area contributed by atoms with Gasteiger partial charge in [-0.15, -0.1) is 0 Å². The number of aliphatic carboxylic acids is 1. The van der Waals surface area contributed by atoms with Crippen LogP contribution in [-0.2, 0) is 11.2 Å². The SMILES string of the molecule is O=C([O-])Cc1ccc(Cl)c2cccnc12.[Li+]. The average Bonchev–Trinajstić information content (AvgIpc) is 2.22. The summed E-state index contributed by atoms with van der Waals surface area (Å²) in [5.74, 6) is -1.12. The Balaban J connectivity index is 0.00000128. The van der Waals surface area contributed by atoms with Gasteiger partial charge in [0, 0.05) is 29.0 Å². The standard InChI is InChI=1S/C11H8ClNO2.Li/c12-9-4-3-7(6-10(14)15)11-8(9)2-1-5-13-11;/h1-5H,6H2,(H,14,15);/q;+1/p-1. The fourth-order valence-electron chi connectivity index (χ4n) is 1.49. The second kappa shape index (κ2) is 5.36. The molecule has 0 N–H and O–H groups in total. The van der Waals surface area contributed by atoms with Crippen LogP contribution in [0, 0.1) is 0 Å². The summed E-state index contributed by atoms with van der Waals surface area (Å²) in [6.45, 7) is 0. The van der Waals surface area contributed by atoms with Crippen molar-refractivity contribution in [3.63, 3.8) is 0 Å². The Morgan fingerprint density at radius 3 is 2.81 bits per heavy atom. The van der Waals surface area contributed by atoms with E-state index in [1.807, 2.05) is 6.07 Å². The zero-order chi connectivity index (χ0) is 10.8. The number of carboxylic acids is 1. The predicted molar refractivity (Wildman–Crippen MR) is 55.5 cm³/mol. The van der Waals surface area contributed by atoms with Gasteiger partial charge in [0.1, 0.15) is 0 Å². The number of pyridine rings is 1. The van der Waals surface area contributed by atoms with E-state index in [4.69, 9.17) is 11.6 Å². The third kappa shape index (κ3) is 2.56. The average molecular weight is 228 g/mol. The van der Waals surface area contributed by atoms with Gasteiger partial charge in [-0.25, -0.2) is 0 Å². The Morgan fingerprint density at radius 2 is 2.12 bits per heavy atom. The van der Waals surface area contributed by atoms with Crippen LogP contribution in [0.5, 0.6) is 0 Å². The molecule has 0 saturated carbocycles. The second-order valence-electron chi connectivity index (χ2n) is 3.15. The van der Waals surface area contributed by atoms with Crippen LogP contribution in [0.25, 0.3) is 10.9 Å². The zero-order valence-corrected chi connectivity index (χ0v) is 9.49. The van der Waals surface area contributed by atoms with E-state index in [0.29, 0.717) is 16.1 Å². The molecule has 0 aliphatic rings. The minimum atomic E-state index is -1.12. The number of carbonyl (C=O) groups excluding carboxylic acids is 1. The molecule has 76 valence electrons. The van der Waals surface area contributed by atoms with Crippen LogP contribution in [0.3, 0.4) is 0 Å². The first kappa shape index (κ1) is 13.1. The molecule has 0 bridgehead atoms. The molecule has 0 aliphatic carbocycles. The van der Waals surface area contributed by atoms with E-state index >= 15 is 0 Å². The molecular weight excluding hydrogens is 221 g/mol. The molecule has 16 heavy (non-hydrogen) atoms. The van der Waals surface area contributed by atoms with Gasteiger partial charge in [-0.05, 0) is 23.8 Å². The van der Waals surface area contributed by atoms with Gasteiger partial charge in [-0.3, -0.25) is 4.98 Å². The Hall–Kier alpha value is -1.01. The molecule has 0 spiro atoms. The van der Waals surface area contributed by atoms with Gasteiger partial charge in [-0.1, -0.05) is 17.7 Å². The fourth-order valence-corrected chi connectivity index (χ4v) is 1.71. The minimum absolute atomic E-state index is 0. The van der Waals surface area contributed by atoms with E-state index in [1.165, 1.54) is 0 Å².